The molecule has 164 valence electrons. The first-order valence-corrected chi connectivity index (χ1v) is 12.9. The van der Waals surface area contributed by atoms with Crippen LogP contribution in [0.4, 0.5) is 0 Å². The summed E-state index contributed by atoms with van der Waals surface area (Å²) in [5.41, 5.74) is 0. The number of benzene rings is 1. The Morgan fingerprint density at radius 3 is 2.70 bits per heavy atom. The van der Waals surface area contributed by atoms with Gasteiger partial charge in [0, 0.05) is 29.4 Å². The molecule has 9 heteroatoms. The Labute approximate surface area is 187 Å². The van der Waals surface area contributed by atoms with Gasteiger partial charge in [0.05, 0.1) is 10.9 Å². The summed E-state index contributed by atoms with van der Waals surface area (Å²) in [7, 11) is -3.69. The Hall–Kier alpha value is -1.45. The number of rotatable bonds is 9. The van der Waals surface area contributed by atoms with Gasteiger partial charge in [0.25, 0.3) is 0 Å². The van der Waals surface area contributed by atoms with Gasteiger partial charge in [-0.25, -0.2) is 13.1 Å². The number of likely N-dealkylation sites (tertiary alicyclic amines) is 1. The van der Waals surface area contributed by atoms with E-state index in [2.05, 4.69) is 33.3 Å². The van der Waals surface area contributed by atoms with Crippen molar-refractivity contribution in [2.24, 2.45) is 5.92 Å². The van der Waals surface area contributed by atoms with Crippen LogP contribution < -0.4 is 10.0 Å². The molecule has 0 radical (unpaired) electrons. The van der Waals surface area contributed by atoms with Crippen LogP contribution in [-0.2, 0) is 14.8 Å². The summed E-state index contributed by atoms with van der Waals surface area (Å²) < 4.78 is 27.1. The van der Waals surface area contributed by atoms with E-state index in [1.807, 2.05) is 6.07 Å². The van der Waals surface area contributed by atoms with Crippen molar-refractivity contribution in [1.29, 1.82) is 0 Å². The Balaban J connectivity index is 1.50. The van der Waals surface area contributed by atoms with Gasteiger partial charge in [-0.05, 0) is 61.5 Å². The molecule has 30 heavy (non-hydrogen) atoms. The molecule has 2 aromatic rings. The first-order chi connectivity index (χ1) is 14.3. The highest BCUT2D eigenvalue weighted by Crippen LogP contribution is 2.29. The number of thiophene rings is 1. The Morgan fingerprint density at radius 1 is 1.27 bits per heavy atom. The molecule has 0 spiro atoms. The van der Waals surface area contributed by atoms with Crippen LogP contribution in [0.5, 0.6) is 0 Å². The Kier molecular flexibility index (Phi) is 8.30. The molecule has 6 nitrogen and oxygen atoms in total. The van der Waals surface area contributed by atoms with E-state index >= 15 is 0 Å². The van der Waals surface area contributed by atoms with Gasteiger partial charge in [0.1, 0.15) is 0 Å². The molecule has 1 unspecified atom stereocenters. The zero-order valence-electron chi connectivity index (χ0n) is 17.0. The van der Waals surface area contributed by atoms with E-state index < -0.39 is 10.0 Å². The van der Waals surface area contributed by atoms with Crippen molar-refractivity contribution in [3.05, 3.63) is 51.7 Å². The summed E-state index contributed by atoms with van der Waals surface area (Å²) in [6, 6.07) is 10.3. The highest BCUT2D eigenvalue weighted by Gasteiger charge is 2.25. The van der Waals surface area contributed by atoms with Crippen molar-refractivity contribution in [1.82, 2.24) is 14.9 Å². The second kappa shape index (κ2) is 10.7. The van der Waals surface area contributed by atoms with Gasteiger partial charge in [-0.1, -0.05) is 30.7 Å². The van der Waals surface area contributed by atoms with E-state index in [9.17, 15) is 13.2 Å². The zero-order chi connectivity index (χ0) is 21.6. The maximum atomic E-state index is 12.3. The lowest BCUT2D eigenvalue weighted by atomic mass is 9.97. The molecule has 1 aliphatic rings. The van der Waals surface area contributed by atoms with E-state index in [0.29, 0.717) is 11.6 Å². The topological polar surface area (TPSA) is 78.5 Å². The van der Waals surface area contributed by atoms with Crippen molar-refractivity contribution < 1.29 is 13.2 Å². The maximum Gasteiger partial charge on any atom is 0.240 e. The number of halogens is 1. The minimum absolute atomic E-state index is 0.0333. The molecule has 2 heterocycles. The molecule has 0 bridgehead atoms. The lowest BCUT2D eigenvalue weighted by molar-refractivity contribution is -0.121. The van der Waals surface area contributed by atoms with Crippen molar-refractivity contribution in [3.8, 4) is 0 Å². The average Bonchev–Trinajstić information content (AvgIpc) is 3.24. The SMILES string of the molecule is CC1CCN(C(CNC(=O)CCNS(=O)(=O)c2cccc(Cl)c2)c2cccs2)CC1. The van der Waals surface area contributed by atoms with Crippen LogP contribution in [0.3, 0.4) is 0 Å². The van der Waals surface area contributed by atoms with Crippen LogP contribution in [-0.4, -0.2) is 45.4 Å². The molecule has 0 aliphatic carbocycles. The number of carbonyl (C=O) groups excluding carboxylic acids is 1. The summed E-state index contributed by atoms with van der Waals surface area (Å²) in [4.78, 5) is 16.1. The quantitative estimate of drug-likeness (QED) is 0.587. The molecule has 3 rings (SSSR count). The van der Waals surface area contributed by atoms with Gasteiger partial charge in [-0.2, -0.15) is 0 Å². The molecule has 0 saturated carbocycles. The van der Waals surface area contributed by atoms with Crippen LogP contribution in [0.1, 0.15) is 37.1 Å². The molecule has 1 atom stereocenters. The molecular formula is C21H28ClN3O3S2. The lowest BCUT2D eigenvalue weighted by Gasteiger charge is -2.36. The van der Waals surface area contributed by atoms with Gasteiger partial charge in [-0.3, -0.25) is 9.69 Å². The summed E-state index contributed by atoms with van der Waals surface area (Å²) in [5, 5.41) is 5.39. The van der Waals surface area contributed by atoms with Crippen molar-refractivity contribution in [2.75, 3.05) is 26.2 Å². The monoisotopic (exact) mass is 469 g/mol. The summed E-state index contributed by atoms with van der Waals surface area (Å²) >= 11 is 7.56. The predicted molar refractivity (Wildman–Crippen MR) is 121 cm³/mol. The number of hydrogen-bond acceptors (Lipinski definition) is 5. The number of nitrogens with one attached hydrogen (secondary N) is 2. The Morgan fingerprint density at radius 2 is 2.03 bits per heavy atom. The van der Waals surface area contributed by atoms with E-state index in [-0.39, 0.29) is 29.8 Å². The summed E-state index contributed by atoms with van der Waals surface area (Å²) in [5.74, 6) is 0.572. The van der Waals surface area contributed by atoms with E-state index in [0.717, 1.165) is 19.0 Å². The molecular weight excluding hydrogens is 442 g/mol. The van der Waals surface area contributed by atoms with Crippen LogP contribution in [0, 0.1) is 5.92 Å². The predicted octanol–water partition coefficient (Wildman–Crippen LogP) is 3.66. The van der Waals surface area contributed by atoms with Crippen LogP contribution >= 0.6 is 22.9 Å². The fraction of sp³-hybridized carbons (Fsp3) is 0.476. The molecule has 1 aromatic carbocycles. The highest BCUT2D eigenvalue weighted by atomic mass is 35.5. The molecule has 1 amide bonds. The number of amides is 1. The highest BCUT2D eigenvalue weighted by molar-refractivity contribution is 7.89. The van der Waals surface area contributed by atoms with Gasteiger partial charge in [-0.15, -0.1) is 11.3 Å². The number of nitrogens with zero attached hydrogens (tertiary/aromatic N) is 1. The minimum atomic E-state index is -3.69. The van der Waals surface area contributed by atoms with E-state index in [1.165, 1.54) is 29.9 Å². The maximum absolute atomic E-state index is 12.3. The molecule has 1 fully saturated rings. The van der Waals surface area contributed by atoms with Crippen LogP contribution in [0.25, 0.3) is 0 Å². The number of sulfonamides is 1. The van der Waals surface area contributed by atoms with E-state index in [4.69, 9.17) is 11.6 Å². The molecule has 1 saturated heterocycles. The third-order valence-electron chi connectivity index (χ3n) is 5.37. The number of hydrogen-bond donors (Lipinski definition) is 2. The zero-order valence-corrected chi connectivity index (χ0v) is 19.4. The van der Waals surface area contributed by atoms with Crippen molar-refractivity contribution >= 4 is 38.9 Å². The van der Waals surface area contributed by atoms with E-state index in [1.54, 1.807) is 23.5 Å². The Bertz CT molecular complexity index is 927. The van der Waals surface area contributed by atoms with Crippen LogP contribution in [0.2, 0.25) is 5.02 Å². The molecule has 1 aliphatic heterocycles. The third kappa shape index (κ3) is 6.52. The van der Waals surface area contributed by atoms with Crippen molar-refractivity contribution in [2.45, 2.75) is 37.1 Å². The van der Waals surface area contributed by atoms with Crippen LogP contribution in [0.15, 0.2) is 46.7 Å². The summed E-state index contributed by atoms with van der Waals surface area (Å²) in [6.45, 7) is 4.89. The van der Waals surface area contributed by atoms with Gasteiger partial charge in [0.15, 0.2) is 0 Å². The van der Waals surface area contributed by atoms with Gasteiger partial charge < -0.3 is 5.32 Å². The van der Waals surface area contributed by atoms with Crippen molar-refractivity contribution in [3.63, 3.8) is 0 Å². The second-order valence-corrected chi connectivity index (χ2v) is 10.8. The largest absolute Gasteiger partial charge is 0.354 e. The lowest BCUT2D eigenvalue weighted by Crippen LogP contribution is -2.42. The number of piperidine rings is 1. The average molecular weight is 470 g/mol. The normalized spacial score (nSPS) is 17.0. The molecule has 2 N–H and O–H groups in total. The first kappa shape index (κ1) is 23.2. The summed E-state index contributed by atoms with van der Waals surface area (Å²) in [6.07, 6.45) is 2.41. The van der Waals surface area contributed by atoms with Gasteiger partial charge >= 0.3 is 0 Å². The second-order valence-electron chi connectivity index (χ2n) is 7.66. The van der Waals surface area contributed by atoms with Gasteiger partial charge in [0.2, 0.25) is 15.9 Å². The third-order valence-corrected chi connectivity index (χ3v) is 8.04. The minimum Gasteiger partial charge on any atom is -0.354 e. The smallest absolute Gasteiger partial charge is 0.240 e. The standard InChI is InChI=1S/C21H28ClN3O3S2/c1-16-8-11-25(12-9-16)19(20-6-3-13-29-20)15-23-21(26)7-10-24-30(27,28)18-5-2-4-17(22)14-18/h2-6,13-14,16,19,24H,7-12,15H2,1H3,(H,23,26). The fourth-order valence-electron chi connectivity index (χ4n) is 3.55. The molecule has 1 aromatic heterocycles. The fourth-order valence-corrected chi connectivity index (χ4v) is 5.74. The first-order valence-electron chi connectivity index (χ1n) is 10.1. The number of carbonyl (C=O) groups is 1.